The van der Waals surface area contributed by atoms with Gasteiger partial charge in [-0.05, 0) is 48.6 Å². The van der Waals surface area contributed by atoms with Gasteiger partial charge in [0.25, 0.3) is 0 Å². The molecule has 1 unspecified atom stereocenters. The number of rotatable bonds is 6. The fourth-order valence-electron chi connectivity index (χ4n) is 3.84. The molecule has 0 fully saturated rings. The van der Waals surface area contributed by atoms with Crippen molar-refractivity contribution in [1.82, 2.24) is 25.1 Å². The van der Waals surface area contributed by atoms with Crippen LogP contribution < -0.4 is 10.1 Å². The molecule has 2 aromatic heterocycles. The summed E-state index contributed by atoms with van der Waals surface area (Å²) in [6, 6.07) is 9.55. The minimum absolute atomic E-state index is 0.0294. The predicted octanol–water partition coefficient (Wildman–Crippen LogP) is 3.59. The lowest BCUT2D eigenvalue weighted by Gasteiger charge is -2.36. The molecule has 1 N–H and O–H groups in total. The largest absolute Gasteiger partial charge is 0.497 e. The average molecular weight is 424 g/mol. The molecule has 1 aliphatic carbocycles. The number of hydrogen-bond donors (Lipinski definition) is 1. The van der Waals surface area contributed by atoms with E-state index in [1.165, 1.54) is 11.8 Å². The molecule has 1 aromatic carbocycles. The summed E-state index contributed by atoms with van der Waals surface area (Å²) in [7, 11) is 1.66. The van der Waals surface area contributed by atoms with E-state index in [0.717, 1.165) is 35.5 Å². The number of ether oxygens (including phenoxy) is 1. The van der Waals surface area contributed by atoms with Crippen molar-refractivity contribution in [1.29, 1.82) is 0 Å². The SMILES string of the molecule is COc1ccc(-n2ncc3c2CC(C)(C)CC3NC(=O)CSc2ncccn2)cc1. The van der Waals surface area contributed by atoms with Crippen molar-refractivity contribution < 1.29 is 9.53 Å². The summed E-state index contributed by atoms with van der Waals surface area (Å²) < 4.78 is 7.23. The zero-order valence-electron chi connectivity index (χ0n) is 17.3. The van der Waals surface area contributed by atoms with E-state index < -0.39 is 0 Å². The molecule has 0 aliphatic heterocycles. The third kappa shape index (κ3) is 4.48. The van der Waals surface area contributed by atoms with Crippen LogP contribution in [0.1, 0.15) is 37.6 Å². The standard InChI is InChI=1S/C22H25N5O2S/c1-22(2)11-18(26-20(28)14-30-21-23-9-4-10-24-21)17-13-25-27(19(17)12-22)15-5-7-16(29-3)8-6-15/h4-10,13,18H,11-12,14H2,1-3H3,(H,26,28). The first-order chi connectivity index (χ1) is 14.4. The van der Waals surface area contributed by atoms with E-state index in [-0.39, 0.29) is 23.1 Å². The van der Waals surface area contributed by atoms with Gasteiger partial charge >= 0.3 is 0 Å². The van der Waals surface area contributed by atoms with Gasteiger partial charge in [-0.3, -0.25) is 4.79 Å². The van der Waals surface area contributed by atoms with Crippen LogP contribution in [0.2, 0.25) is 0 Å². The minimum Gasteiger partial charge on any atom is -0.497 e. The maximum Gasteiger partial charge on any atom is 0.230 e. The van der Waals surface area contributed by atoms with E-state index in [4.69, 9.17) is 4.74 Å². The molecule has 0 bridgehead atoms. The van der Waals surface area contributed by atoms with Gasteiger partial charge < -0.3 is 10.1 Å². The molecule has 0 radical (unpaired) electrons. The second-order valence-corrected chi connectivity index (χ2v) is 9.08. The Bertz CT molecular complexity index is 1020. The molecule has 0 saturated heterocycles. The van der Waals surface area contributed by atoms with E-state index in [9.17, 15) is 4.79 Å². The first-order valence-electron chi connectivity index (χ1n) is 9.85. The van der Waals surface area contributed by atoms with Crippen molar-refractivity contribution in [3.05, 3.63) is 60.2 Å². The Morgan fingerprint density at radius 3 is 2.70 bits per heavy atom. The number of carbonyl (C=O) groups is 1. The van der Waals surface area contributed by atoms with Crippen LogP contribution in [-0.4, -0.2) is 38.5 Å². The van der Waals surface area contributed by atoms with Gasteiger partial charge in [0.2, 0.25) is 5.91 Å². The Balaban J connectivity index is 1.53. The summed E-state index contributed by atoms with van der Waals surface area (Å²) in [5.74, 6) is 1.06. The smallest absolute Gasteiger partial charge is 0.230 e. The number of nitrogens with zero attached hydrogens (tertiary/aromatic N) is 4. The number of aromatic nitrogens is 4. The Kier molecular flexibility index (Phi) is 5.76. The number of methoxy groups -OCH3 is 1. The van der Waals surface area contributed by atoms with Crippen molar-refractivity contribution in [3.8, 4) is 11.4 Å². The molecule has 8 heteroatoms. The van der Waals surface area contributed by atoms with E-state index >= 15 is 0 Å². The normalized spacial score (nSPS) is 17.2. The lowest BCUT2D eigenvalue weighted by Crippen LogP contribution is -2.37. The highest BCUT2D eigenvalue weighted by atomic mass is 32.2. The van der Waals surface area contributed by atoms with Crippen molar-refractivity contribution >= 4 is 17.7 Å². The van der Waals surface area contributed by atoms with E-state index in [0.29, 0.717) is 5.16 Å². The highest BCUT2D eigenvalue weighted by molar-refractivity contribution is 7.99. The van der Waals surface area contributed by atoms with Crippen LogP contribution in [0.25, 0.3) is 5.69 Å². The summed E-state index contributed by atoms with van der Waals surface area (Å²) in [4.78, 5) is 20.9. The second kappa shape index (κ2) is 8.47. The fourth-order valence-corrected chi connectivity index (χ4v) is 4.46. The minimum atomic E-state index is -0.0689. The van der Waals surface area contributed by atoms with Crippen LogP contribution in [0, 0.1) is 5.41 Å². The molecular weight excluding hydrogens is 398 g/mol. The molecule has 1 atom stereocenters. The number of amides is 1. The number of fused-ring (bicyclic) bond motifs is 1. The second-order valence-electron chi connectivity index (χ2n) is 8.14. The van der Waals surface area contributed by atoms with Gasteiger partial charge in [-0.15, -0.1) is 0 Å². The lowest BCUT2D eigenvalue weighted by atomic mass is 9.74. The van der Waals surface area contributed by atoms with Crippen molar-refractivity contribution in [2.75, 3.05) is 12.9 Å². The third-order valence-electron chi connectivity index (χ3n) is 5.21. The Morgan fingerprint density at radius 1 is 1.27 bits per heavy atom. The summed E-state index contributed by atoms with van der Waals surface area (Å²) in [6.45, 7) is 4.46. The van der Waals surface area contributed by atoms with Gasteiger partial charge in [-0.2, -0.15) is 5.10 Å². The zero-order chi connectivity index (χ0) is 21.1. The van der Waals surface area contributed by atoms with Gasteiger partial charge in [0.1, 0.15) is 5.75 Å². The van der Waals surface area contributed by atoms with E-state index in [1.54, 1.807) is 25.6 Å². The predicted molar refractivity (Wildman–Crippen MR) is 116 cm³/mol. The quantitative estimate of drug-likeness (QED) is 0.482. The molecule has 2 heterocycles. The Morgan fingerprint density at radius 2 is 2.00 bits per heavy atom. The number of nitrogens with one attached hydrogen (secondary N) is 1. The van der Waals surface area contributed by atoms with Gasteiger partial charge in [0.15, 0.2) is 5.16 Å². The molecule has 3 aromatic rings. The molecular formula is C22H25N5O2S. The van der Waals surface area contributed by atoms with Gasteiger partial charge in [0.05, 0.1) is 36.5 Å². The number of carbonyl (C=O) groups excluding carboxylic acids is 1. The molecule has 156 valence electrons. The van der Waals surface area contributed by atoms with Crippen molar-refractivity contribution in [2.24, 2.45) is 5.41 Å². The van der Waals surface area contributed by atoms with Gasteiger partial charge in [0, 0.05) is 18.0 Å². The molecule has 1 aliphatic rings. The van der Waals surface area contributed by atoms with Crippen LogP contribution in [0.5, 0.6) is 5.75 Å². The zero-order valence-corrected chi connectivity index (χ0v) is 18.1. The topological polar surface area (TPSA) is 81.9 Å². The summed E-state index contributed by atoms with van der Waals surface area (Å²) >= 11 is 1.34. The summed E-state index contributed by atoms with van der Waals surface area (Å²) in [5, 5.41) is 8.44. The lowest BCUT2D eigenvalue weighted by molar-refractivity contribution is -0.119. The summed E-state index contributed by atoms with van der Waals surface area (Å²) in [6.07, 6.45) is 7.00. The highest BCUT2D eigenvalue weighted by Gasteiger charge is 2.36. The molecule has 1 amide bonds. The molecule has 30 heavy (non-hydrogen) atoms. The Labute approximate surface area is 180 Å². The maximum absolute atomic E-state index is 12.6. The van der Waals surface area contributed by atoms with Gasteiger partial charge in [-0.1, -0.05) is 25.6 Å². The highest BCUT2D eigenvalue weighted by Crippen LogP contribution is 2.41. The van der Waals surface area contributed by atoms with Crippen LogP contribution in [-0.2, 0) is 11.2 Å². The monoisotopic (exact) mass is 423 g/mol. The first-order valence-corrected chi connectivity index (χ1v) is 10.8. The molecule has 4 rings (SSSR count). The van der Waals surface area contributed by atoms with Crippen LogP contribution in [0.4, 0.5) is 0 Å². The first kappa shape index (κ1) is 20.4. The Hall–Kier alpha value is -2.87. The van der Waals surface area contributed by atoms with Crippen LogP contribution >= 0.6 is 11.8 Å². The number of thioether (sulfide) groups is 1. The fraction of sp³-hybridized carbons (Fsp3) is 0.364. The maximum atomic E-state index is 12.6. The molecule has 0 spiro atoms. The number of benzene rings is 1. The molecule has 7 nitrogen and oxygen atoms in total. The number of hydrogen-bond acceptors (Lipinski definition) is 6. The van der Waals surface area contributed by atoms with E-state index in [1.807, 2.05) is 35.1 Å². The van der Waals surface area contributed by atoms with E-state index in [2.05, 4.69) is 34.2 Å². The van der Waals surface area contributed by atoms with Crippen molar-refractivity contribution in [2.45, 2.75) is 37.9 Å². The van der Waals surface area contributed by atoms with Crippen LogP contribution in [0.3, 0.4) is 0 Å². The van der Waals surface area contributed by atoms with Gasteiger partial charge in [-0.25, -0.2) is 14.6 Å². The average Bonchev–Trinajstić information content (AvgIpc) is 3.16. The third-order valence-corrected chi connectivity index (χ3v) is 6.08. The van der Waals surface area contributed by atoms with Crippen molar-refractivity contribution in [3.63, 3.8) is 0 Å². The molecule has 0 saturated carbocycles. The van der Waals surface area contributed by atoms with Crippen LogP contribution in [0.15, 0.2) is 54.1 Å². The summed E-state index contributed by atoms with van der Waals surface area (Å²) in [5.41, 5.74) is 3.25.